The van der Waals surface area contributed by atoms with Crippen molar-refractivity contribution in [3.8, 4) is 6.07 Å². The van der Waals surface area contributed by atoms with Crippen molar-refractivity contribution in [2.24, 2.45) is 0 Å². The average Bonchev–Trinajstić information content (AvgIpc) is 2.61. The van der Waals surface area contributed by atoms with E-state index in [9.17, 15) is 5.26 Å². The Kier molecular flexibility index (Phi) is 6.78. The molecule has 0 spiro atoms. The van der Waals surface area contributed by atoms with E-state index in [4.69, 9.17) is 4.74 Å². The fourth-order valence-corrected chi connectivity index (χ4v) is 2.70. The third-order valence-electron chi connectivity index (χ3n) is 3.82. The monoisotopic (exact) mass is 267 g/mol. The lowest BCUT2D eigenvalue weighted by Gasteiger charge is -2.34. The summed E-state index contributed by atoms with van der Waals surface area (Å²) in [4.78, 5) is 2.46. The summed E-state index contributed by atoms with van der Waals surface area (Å²) in [5.41, 5.74) is -0.425. The molecule has 1 heterocycles. The highest BCUT2D eigenvalue weighted by Gasteiger charge is 2.29. The summed E-state index contributed by atoms with van der Waals surface area (Å²) in [6.07, 6.45) is 3.29. The number of rotatable bonds is 6. The number of nitrogens with zero attached hydrogens (tertiary/aromatic N) is 2. The highest BCUT2D eigenvalue weighted by Crippen LogP contribution is 2.18. The van der Waals surface area contributed by atoms with Crippen LogP contribution in [-0.2, 0) is 4.74 Å². The van der Waals surface area contributed by atoms with E-state index in [1.165, 1.54) is 0 Å². The van der Waals surface area contributed by atoms with E-state index in [0.717, 1.165) is 45.5 Å². The van der Waals surface area contributed by atoms with Gasteiger partial charge in [-0.15, -0.1) is 0 Å². The largest absolute Gasteiger partial charge is 0.377 e. The lowest BCUT2D eigenvalue weighted by atomic mass is 9.94. The van der Waals surface area contributed by atoms with Gasteiger partial charge >= 0.3 is 0 Å². The number of ether oxygens (including phenoxy) is 1. The molecule has 1 aliphatic rings. The summed E-state index contributed by atoms with van der Waals surface area (Å²) in [5.74, 6) is 0. The van der Waals surface area contributed by atoms with Gasteiger partial charge in [0, 0.05) is 25.7 Å². The number of hydrogen-bond acceptors (Lipinski definition) is 4. The Hall–Kier alpha value is -0.630. The zero-order valence-corrected chi connectivity index (χ0v) is 12.9. The van der Waals surface area contributed by atoms with Crippen LogP contribution in [0.2, 0.25) is 0 Å². The predicted molar refractivity (Wildman–Crippen MR) is 78.0 cm³/mol. The van der Waals surface area contributed by atoms with E-state index in [1.807, 2.05) is 6.92 Å². The van der Waals surface area contributed by atoms with Crippen molar-refractivity contribution < 1.29 is 4.74 Å². The molecule has 1 aliphatic heterocycles. The highest BCUT2D eigenvalue weighted by molar-refractivity contribution is 5.05. The molecular formula is C15H29N3O. The fourth-order valence-electron chi connectivity index (χ4n) is 2.70. The topological polar surface area (TPSA) is 48.3 Å². The first-order valence-corrected chi connectivity index (χ1v) is 7.52. The number of nitriles is 1. The van der Waals surface area contributed by atoms with Crippen LogP contribution in [0, 0.1) is 11.3 Å². The molecule has 1 rings (SSSR count). The molecule has 1 saturated heterocycles. The van der Waals surface area contributed by atoms with E-state index in [2.05, 4.69) is 37.1 Å². The lowest BCUT2D eigenvalue weighted by Crippen LogP contribution is -2.48. The smallest absolute Gasteiger partial charge is 0.105 e. The molecule has 0 aromatic carbocycles. The molecule has 0 radical (unpaired) electrons. The lowest BCUT2D eigenvalue weighted by molar-refractivity contribution is 0.0595. The van der Waals surface area contributed by atoms with Crippen LogP contribution in [0.3, 0.4) is 0 Å². The maximum absolute atomic E-state index is 9.41. The number of nitrogens with one attached hydrogen (secondary N) is 1. The predicted octanol–water partition coefficient (Wildman–Crippen LogP) is 2.16. The molecule has 4 nitrogen and oxygen atoms in total. The van der Waals surface area contributed by atoms with Gasteiger partial charge in [0.2, 0.25) is 0 Å². The van der Waals surface area contributed by atoms with Gasteiger partial charge < -0.3 is 4.74 Å². The molecule has 0 saturated carbocycles. The highest BCUT2D eigenvalue weighted by atomic mass is 16.5. The number of hydrogen-bond donors (Lipinski definition) is 1. The van der Waals surface area contributed by atoms with E-state index in [0.29, 0.717) is 12.1 Å². The molecule has 3 atom stereocenters. The molecule has 0 bridgehead atoms. The first-order valence-electron chi connectivity index (χ1n) is 7.52. The zero-order chi connectivity index (χ0) is 14.3. The van der Waals surface area contributed by atoms with Crippen molar-refractivity contribution in [2.45, 2.75) is 64.6 Å². The normalized spacial score (nSPS) is 26.2. The average molecular weight is 267 g/mol. The van der Waals surface area contributed by atoms with Gasteiger partial charge in [0.25, 0.3) is 0 Å². The summed E-state index contributed by atoms with van der Waals surface area (Å²) >= 11 is 0. The van der Waals surface area contributed by atoms with Gasteiger partial charge in [-0.3, -0.25) is 10.2 Å². The third-order valence-corrected chi connectivity index (χ3v) is 3.82. The van der Waals surface area contributed by atoms with Crippen molar-refractivity contribution in [1.82, 2.24) is 10.2 Å². The minimum atomic E-state index is -0.425. The first kappa shape index (κ1) is 16.4. The summed E-state index contributed by atoms with van der Waals surface area (Å²) in [6.45, 7) is 12.3. The maximum atomic E-state index is 9.41. The second kappa shape index (κ2) is 7.84. The van der Waals surface area contributed by atoms with Gasteiger partial charge in [0.1, 0.15) is 5.54 Å². The molecule has 0 aromatic heterocycles. The Bertz CT molecular complexity index is 302. The van der Waals surface area contributed by atoms with Gasteiger partial charge in [-0.25, -0.2) is 0 Å². The second-order valence-electron chi connectivity index (χ2n) is 5.95. The van der Waals surface area contributed by atoms with Gasteiger partial charge in [-0.2, -0.15) is 5.26 Å². The van der Waals surface area contributed by atoms with Crippen LogP contribution in [0.15, 0.2) is 0 Å². The van der Waals surface area contributed by atoms with E-state index < -0.39 is 5.54 Å². The summed E-state index contributed by atoms with van der Waals surface area (Å²) in [6, 6.07) is 2.84. The molecule has 0 aliphatic carbocycles. The minimum absolute atomic E-state index is 0.293. The Morgan fingerprint density at radius 2 is 2.32 bits per heavy atom. The molecule has 4 heteroatoms. The second-order valence-corrected chi connectivity index (χ2v) is 5.95. The van der Waals surface area contributed by atoms with Gasteiger partial charge in [0.15, 0.2) is 0 Å². The molecule has 110 valence electrons. The van der Waals surface area contributed by atoms with Crippen molar-refractivity contribution >= 4 is 0 Å². The summed E-state index contributed by atoms with van der Waals surface area (Å²) < 4.78 is 5.68. The van der Waals surface area contributed by atoms with Crippen LogP contribution in [0.5, 0.6) is 0 Å². The Balaban J connectivity index is 2.55. The third kappa shape index (κ3) is 5.48. The van der Waals surface area contributed by atoms with Crippen molar-refractivity contribution in [1.29, 1.82) is 5.26 Å². The molecule has 19 heavy (non-hydrogen) atoms. The quantitative estimate of drug-likeness (QED) is 0.801. The molecule has 0 amide bonds. The van der Waals surface area contributed by atoms with E-state index >= 15 is 0 Å². The fraction of sp³-hybridized carbons (Fsp3) is 0.933. The van der Waals surface area contributed by atoms with Crippen LogP contribution in [-0.4, -0.2) is 48.8 Å². The van der Waals surface area contributed by atoms with Gasteiger partial charge in [-0.1, -0.05) is 6.92 Å². The molecular weight excluding hydrogens is 238 g/mol. The van der Waals surface area contributed by atoms with Crippen LogP contribution < -0.4 is 5.32 Å². The Morgan fingerprint density at radius 3 is 2.95 bits per heavy atom. The van der Waals surface area contributed by atoms with Crippen LogP contribution in [0.25, 0.3) is 0 Å². The van der Waals surface area contributed by atoms with Crippen molar-refractivity contribution in [3.63, 3.8) is 0 Å². The SMILES string of the molecule is CCCNC(C)(C#N)CC(C)N1CCCOC(C)C1. The summed E-state index contributed by atoms with van der Waals surface area (Å²) in [7, 11) is 0. The van der Waals surface area contributed by atoms with Crippen LogP contribution in [0.4, 0.5) is 0 Å². The standard InChI is InChI=1S/C15H29N3O/c1-5-7-17-15(4,12-16)10-13(2)18-8-6-9-19-14(3)11-18/h13-14,17H,5-11H2,1-4H3. The van der Waals surface area contributed by atoms with Gasteiger partial charge in [0.05, 0.1) is 12.2 Å². The van der Waals surface area contributed by atoms with E-state index in [1.54, 1.807) is 0 Å². The van der Waals surface area contributed by atoms with E-state index in [-0.39, 0.29) is 0 Å². The Morgan fingerprint density at radius 1 is 1.58 bits per heavy atom. The molecule has 3 unspecified atom stereocenters. The van der Waals surface area contributed by atoms with Crippen LogP contribution >= 0.6 is 0 Å². The van der Waals surface area contributed by atoms with Crippen molar-refractivity contribution in [3.05, 3.63) is 0 Å². The zero-order valence-electron chi connectivity index (χ0n) is 12.9. The maximum Gasteiger partial charge on any atom is 0.105 e. The van der Waals surface area contributed by atoms with Gasteiger partial charge in [-0.05, 0) is 46.6 Å². The molecule has 1 N–H and O–H groups in total. The Labute approximate surface area is 118 Å². The van der Waals surface area contributed by atoms with Crippen LogP contribution in [0.1, 0.15) is 47.0 Å². The minimum Gasteiger partial charge on any atom is -0.377 e. The molecule has 1 fully saturated rings. The summed E-state index contributed by atoms with van der Waals surface area (Å²) in [5, 5.41) is 12.8. The first-order chi connectivity index (χ1) is 9.00. The van der Waals surface area contributed by atoms with Crippen molar-refractivity contribution in [2.75, 3.05) is 26.2 Å². The molecule has 0 aromatic rings.